The molecule has 0 heterocycles. The van der Waals surface area contributed by atoms with E-state index in [1.807, 2.05) is 12.1 Å². The van der Waals surface area contributed by atoms with Crippen molar-refractivity contribution in [2.75, 3.05) is 25.5 Å². The second-order valence-electron chi connectivity index (χ2n) is 5.06. The molecule has 19 heavy (non-hydrogen) atoms. The van der Waals surface area contributed by atoms with Crippen LogP contribution in [0, 0.1) is 0 Å². The number of unbranched alkanes of at least 4 members (excludes halogenated alkanes) is 1. The summed E-state index contributed by atoms with van der Waals surface area (Å²) in [5.74, 6) is -0.886. The molecule has 2 N–H and O–H groups in total. The molecule has 0 spiro atoms. The fraction of sp³-hybridized carbons (Fsp3) is 0.533. The Kier molecular flexibility index (Phi) is 6.36. The second-order valence-corrected chi connectivity index (χ2v) is 5.06. The van der Waals surface area contributed by atoms with Crippen molar-refractivity contribution in [1.29, 1.82) is 0 Å². The van der Waals surface area contributed by atoms with Gasteiger partial charge < -0.3 is 15.3 Å². The molecule has 0 radical (unpaired) electrons. The minimum absolute atomic E-state index is 0.335. The van der Waals surface area contributed by atoms with Gasteiger partial charge in [0.1, 0.15) is 0 Å². The fourth-order valence-electron chi connectivity index (χ4n) is 1.79. The van der Waals surface area contributed by atoms with Crippen LogP contribution in [0.1, 0.15) is 37.0 Å². The van der Waals surface area contributed by atoms with Crippen molar-refractivity contribution in [2.24, 2.45) is 0 Å². The highest BCUT2D eigenvalue weighted by molar-refractivity contribution is 5.94. The molecule has 0 amide bonds. The predicted octanol–water partition coefficient (Wildman–Crippen LogP) is 2.92. The quantitative estimate of drug-likeness (QED) is 0.709. The highest BCUT2D eigenvalue weighted by Gasteiger charge is 2.08. The van der Waals surface area contributed by atoms with Gasteiger partial charge in [0.25, 0.3) is 0 Å². The normalized spacial score (nSPS) is 11.0. The Morgan fingerprint density at radius 2 is 2.00 bits per heavy atom. The van der Waals surface area contributed by atoms with Crippen molar-refractivity contribution in [3.63, 3.8) is 0 Å². The molecule has 0 atom stereocenters. The van der Waals surface area contributed by atoms with E-state index < -0.39 is 5.97 Å². The second kappa shape index (κ2) is 7.79. The molecule has 0 fully saturated rings. The first kappa shape index (κ1) is 15.5. The van der Waals surface area contributed by atoms with Crippen molar-refractivity contribution >= 4 is 11.7 Å². The molecule has 0 saturated carbocycles. The molecule has 1 rings (SSSR count). The minimum Gasteiger partial charge on any atom is -0.478 e. The number of nitrogens with one attached hydrogen (secondary N) is 1. The van der Waals surface area contributed by atoms with Crippen LogP contribution >= 0.6 is 0 Å². The largest absolute Gasteiger partial charge is 0.478 e. The average Bonchev–Trinajstić information content (AvgIpc) is 2.38. The van der Waals surface area contributed by atoms with E-state index >= 15 is 0 Å². The number of carboxylic acids is 1. The monoisotopic (exact) mass is 264 g/mol. The SMILES string of the molecule is CC(C)N(C)CCCCNc1ccccc1C(=O)O. The molecule has 1 aromatic carbocycles. The van der Waals surface area contributed by atoms with Gasteiger partial charge in [0, 0.05) is 18.3 Å². The molecule has 0 saturated heterocycles. The molecule has 4 nitrogen and oxygen atoms in total. The van der Waals surface area contributed by atoms with Gasteiger partial charge in [-0.1, -0.05) is 12.1 Å². The van der Waals surface area contributed by atoms with E-state index in [9.17, 15) is 4.79 Å². The van der Waals surface area contributed by atoms with Gasteiger partial charge in [-0.15, -0.1) is 0 Å². The van der Waals surface area contributed by atoms with Gasteiger partial charge in [0.05, 0.1) is 5.56 Å². The van der Waals surface area contributed by atoms with E-state index in [2.05, 4.69) is 31.1 Å². The Morgan fingerprint density at radius 1 is 1.32 bits per heavy atom. The minimum atomic E-state index is -0.886. The van der Waals surface area contributed by atoms with Crippen LogP contribution in [0.15, 0.2) is 24.3 Å². The Hall–Kier alpha value is -1.55. The number of benzene rings is 1. The fourth-order valence-corrected chi connectivity index (χ4v) is 1.79. The van der Waals surface area contributed by atoms with E-state index in [1.54, 1.807) is 12.1 Å². The van der Waals surface area contributed by atoms with Crippen LogP contribution in [-0.2, 0) is 0 Å². The molecular weight excluding hydrogens is 240 g/mol. The Bertz CT molecular complexity index is 405. The van der Waals surface area contributed by atoms with E-state index in [-0.39, 0.29) is 0 Å². The predicted molar refractivity (Wildman–Crippen MR) is 78.9 cm³/mol. The summed E-state index contributed by atoms with van der Waals surface area (Å²) in [5, 5.41) is 12.3. The van der Waals surface area contributed by atoms with Crippen molar-refractivity contribution in [3.8, 4) is 0 Å². The standard InChI is InChI=1S/C15H24N2O2/c1-12(2)17(3)11-7-6-10-16-14-9-5-4-8-13(14)15(18)19/h4-5,8-9,12,16H,6-7,10-11H2,1-3H3,(H,18,19). The molecule has 0 unspecified atom stereocenters. The summed E-state index contributed by atoms with van der Waals surface area (Å²) in [6, 6.07) is 7.59. The third kappa shape index (κ3) is 5.30. The first-order valence-corrected chi connectivity index (χ1v) is 6.78. The third-order valence-electron chi connectivity index (χ3n) is 3.29. The van der Waals surface area contributed by atoms with Crippen LogP contribution in [-0.4, -0.2) is 42.2 Å². The smallest absolute Gasteiger partial charge is 0.337 e. The van der Waals surface area contributed by atoms with Crippen molar-refractivity contribution < 1.29 is 9.90 Å². The molecule has 0 aromatic heterocycles. The molecule has 4 heteroatoms. The lowest BCUT2D eigenvalue weighted by atomic mass is 10.1. The van der Waals surface area contributed by atoms with Gasteiger partial charge in [-0.2, -0.15) is 0 Å². The molecule has 0 bridgehead atoms. The lowest BCUT2D eigenvalue weighted by Gasteiger charge is -2.20. The Labute approximate surface area is 115 Å². The van der Waals surface area contributed by atoms with Gasteiger partial charge in [-0.3, -0.25) is 0 Å². The highest BCUT2D eigenvalue weighted by Crippen LogP contribution is 2.14. The zero-order valence-corrected chi connectivity index (χ0v) is 12.0. The number of rotatable bonds is 8. The number of para-hydroxylation sites is 1. The maximum absolute atomic E-state index is 11.0. The molecular formula is C15H24N2O2. The molecule has 0 aliphatic rings. The molecule has 106 valence electrons. The van der Waals surface area contributed by atoms with Crippen LogP contribution in [0.2, 0.25) is 0 Å². The number of hydrogen-bond donors (Lipinski definition) is 2. The summed E-state index contributed by atoms with van der Waals surface area (Å²) in [6.45, 7) is 6.23. The maximum Gasteiger partial charge on any atom is 0.337 e. The van der Waals surface area contributed by atoms with Crippen LogP contribution in [0.25, 0.3) is 0 Å². The van der Waals surface area contributed by atoms with Crippen LogP contribution in [0.4, 0.5) is 5.69 Å². The topological polar surface area (TPSA) is 52.6 Å². The number of anilines is 1. The molecule has 1 aromatic rings. The lowest BCUT2D eigenvalue weighted by molar-refractivity contribution is 0.0698. The Morgan fingerprint density at radius 3 is 2.63 bits per heavy atom. The number of nitrogens with zero attached hydrogens (tertiary/aromatic N) is 1. The van der Waals surface area contributed by atoms with Crippen molar-refractivity contribution in [2.45, 2.75) is 32.7 Å². The first-order chi connectivity index (χ1) is 9.02. The summed E-state index contributed by atoms with van der Waals surface area (Å²) in [4.78, 5) is 13.3. The van der Waals surface area contributed by atoms with Crippen molar-refractivity contribution in [1.82, 2.24) is 4.90 Å². The zero-order valence-electron chi connectivity index (χ0n) is 12.0. The third-order valence-corrected chi connectivity index (χ3v) is 3.29. The van der Waals surface area contributed by atoms with Crippen molar-refractivity contribution in [3.05, 3.63) is 29.8 Å². The number of carboxylic acid groups (broad SMARTS) is 1. The number of hydrogen-bond acceptors (Lipinski definition) is 3. The summed E-state index contributed by atoms with van der Waals surface area (Å²) >= 11 is 0. The summed E-state index contributed by atoms with van der Waals surface area (Å²) in [5.41, 5.74) is 1.04. The van der Waals surface area contributed by atoms with E-state index in [4.69, 9.17) is 5.11 Å². The summed E-state index contributed by atoms with van der Waals surface area (Å²) < 4.78 is 0. The molecule has 0 aliphatic heterocycles. The summed E-state index contributed by atoms with van der Waals surface area (Å²) in [7, 11) is 2.12. The number of aromatic carboxylic acids is 1. The van der Waals surface area contributed by atoms with Crippen LogP contribution in [0.3, 0.4) is 0 Å². The summed E-state index contributed by atoms with van der Waals surface area (Å²) in [6.07, 6.45) is 2.14. The number of carbonyl (C=O) groups is 1. The van der Waals surface area contributed by atoms with Gasteiger partial charge in [0.15, 0.2) is 0 Å². The average molecular weight is 264 g/mol. The van der Waals surface area contributed by atoms with E-state index in [1.165, 1.54) is 0 Å². The van der Waals surface area contributed by atoms with Gasteiger partial charge in [0.2, 0.25) is 0 Å². The van der Waals surface area contributed by atoms with Gasteiger partial charge in [-0.05, 0) is 52.4 Å². The van der Waals surface area contributed by atoms with Gasteiger partial charge in [-0.25, -0.2) is 4.79 Å². The Balaban J connectivity index is 2.32. The van der Waals surface area contributed by atoms with Gasteiger partial charge >= 0.3 is 5.97 Å². The zero-order chi connectivity index (χ0) is 14.3. The van der Waals surface area contributed by atoms with Crippen LogP contribution < -0.4 is 5.32 Å². The van der Waals surface area contributed by atoms with E-state index in [0.29, 0.717) is 17.3 Å². The van der Waals surface area contributed by atoms with Crippen LogP contribution in [0.5, 0.6) is 0 Å². The van der Waals surface area contributed by atoms with E-state index in [0.717, 1.165) is 25.9 Å². The molecule has 0 aliphatic carbocycles. The maximum atomic E-state index is 11.0. The first-order valence-electron chi connectivity index (χ1n) is 6.78. The highest BCUT2D eigenvalue weighted by atomic mass is 16.4. The lowest BCUT2D eigenvalue weighted by Crippen LogP contribution is -2.27.